The molecule has 2 aromatic carbocycles. The molecule has 0 spiro atoms. The first-order chi connectivity index (χ1) is 12.2. The molecule has 0 aliphatic carbocycles. The highest BCUT2D eigenvalue weighted by molar-refractivity contribution is 6.01. The lowest BCUT2D eigenvalue weighted by molar-refractivity contribution is 0.0594. The number of hydrogen-bond acceptors (Lipinski definition) is 5. The predicted molar refractivity (Wildman–Crippen MR) is 92.2 cm³/mol. The van der Waals surface area contributed by atoms with Gasteiger partial charge in [0.25, 0.3) is 0 Å². The Morgan fingerprint density at radius 1 is 0.840 bits per heavy atom. The number of carbonyl (C=O) groups excluding carboxylic acids is 2. The molecule has 0 amide bonds. The fourth-order valence-electron chi connectivity index (χ4n) is 2.62. The number of hydrogen-bond donors (Lipinski definition) is 0. The Balaban J connectivity index is 2.38. The first-order valence-electron chi connectivity index (χ1n) is 7.58. The van der Waals surface area contributed by atoms with E-state index in [1.165, 1.54) is 14.2 Å². The third-order valence-corrected chi connectivity index (χ3v) is 3.72. The van der Waals surface area contributed by atoms with Gasteiger partial charge in [-0.15, -0.1) is 0 Å². The van der Waals surface area contributed by atoms with Gasteiger partial charge >= 0.3 is 12.1 Å². The largest absolute Gasteiger partial charge is 0.464 e. The number of carbonyl (C=O) groups is 2. The lowest BCUT2D eigenvalue weighted by Crippen LogP contribution is -2.15. The molecule has 1 heterocycles. The Morgan fingerprint density at radius 3 is 1.92 bits per heavy atom. The van der Waals surface area contributed by atoms with E-state index in [-0.39, 0.29) is 5.69 Å². The molecule has 0 bridgehead atoms. The monoisotopic (exact) mass is 336 g/mol. The Kier molecular flexibility index (Phi) is 4.61. The van der Waals surface area contributed by atoms with E-state index in [0.29, 0.717) is 11.3 Å². The van der Waals surface area contributed by atoms with Crippen LogP contribution in [0.3, 0.4) is 0 Å². The fraction of sp³-hybridized carbons (Fsp3) is 0.105. The summed E-state index contributed by atoms with van der Waals surface area (Å²) in [5.74, 6) is -0.626. The Bertz CT molecular complexity index is 828. The van der Waals surface area contributed by atoms with Gasteiger partial charge in [-0.3, -0.25) is 0 Å². The van der Waals surface area contributed by atoms with Crippen molar-refractivity contribution in [3.63, 3.8) is 0 Å². The van der Waals surface area contributed by atoms with Crippen molar-refractivity contribution in [3.8, 4) is 22.4 Å². The maximum atomic E-state index is 12.3. The molecule has 126 valence electrons. The van der Waals surface area contributed by atoms with Crippen LogP contribution in [0.2, 0.25) is 0 Å². The van der Waals surface area contributed by atoms with Crippen LogP contribution in [0.4, 0.5) is 4.79 Å². The molecule has 3 rings (SSSR count). The van der Waals surface area contributed by atoms with Crippen molar-refractivity contribution in [3.05, 3.63) is 66.4 Å². The summed E-state index contributed by atoms with van der Waals surface area (Å²) in [5.41, 5.74) is 2.52. The van der Waals surface area contributed by atoms with E-state index in [9.17, 15) is 9.59 Å². The van der Waals surface area contributed by atoms with Gasteiger partial charge in [0.05, 0.1) is 19.9 Å². The van der Waals surface area contributed by atoms with E-state index in [0.717, 1.165) is 15.8 Å². The van der Waals surface area contributed by atoms with Crippen molar-refractivity contribution in [2.75, 3.05) is 14.2 Å². The third kappa shape index (κ3) is 3.01. The van der Waals surface area contributed by atoms with Gasteiger partial charge < -0.3 is 9.47 Å². The molecule has 0 fully saturated rings. The zero-order valence-electron chi connectivity index (χ0n) is 13.8. The number of ether oxygens (including phenoxy) is 2. The molecule has 25 heavy (non-hydrogen) atoms. The van der Waals surface area contributed by atoms with E-state index < -0.39 is 12.1 Å². The minimum absolute atomic E-state index is 0.0537. The van der Waals surface area contributed by atoms with Gasteiger partial charge in [0, 0.05) is 11.1 Å². The molecule has 6 heteroatoms. The van der Waals surface area contributed by atoms with E-state index in [1.54, 1.807) is 0 Å². The fourth-order valence-corrected chi connectivity index (χ4v) is 2.62. The second-order valence-electron chi connectivity index (χ2n) is 5.18. The number of esters is 1. The summed E-state index contributed by atoms with van der Waals surface area (Å²) in [6.45, 7) is 0. The molecule has 1 aromatic heterocycles. The second-order valence-corrected chi connectivity index (χ2v) is 5.18. The van der Waals surface area contributed by atoms with Crippen molar-refractivity contribution in [2.45, 2.75) is 0 Å². The van der Waals surface area contributed by atoms with Crippen molar-refractivity contribution >= 4 is 12.1 Å². The smallest absolute Gasteiger partial charge is 0.435 e. The van der Waals surface area contributed by atoms with Gasteiger partial charge in [0.2, 0.25) is 0 Å². The highest BCUT2D eigenvalue weighted by Crippen LogP contribution is 2.35. The number of aromatic nitrogens is 2. The highest BCUT2D eigenvalue weighted by atomic mass is 16.5. The predicted octanol–water partition coefficient (Wildman–Crippen LogP) is 3.62. The number of methoxy groups -OCH3 is 2. The topological polar surface area (TPSA) is 70.4 Å². The first-order valence-corrected chi connectivity index (χ1v) is 7.58. The van der Waals surface area contributed by atoms with E-state index >= 15 is 0 Å². The number of benzene rings is 2. The van der Waals surface area contributed by atoms with Gasteiger partial charge in [-0.05, 0) is 5.56 Å². The molecule has 0 aliphatic rings. The Morgan fingerprint density at radius 2 is 1.40 bits per heavy atom. The molecular weight excluding hydrogens is 320 g/mol. The summed E-state index contributed by atoms with van der Waals surface area (Å²) in [5, 5.41) is 4.17. The molecule has 0 aliphatic heterocycles. The Labute approximate surface area is 144 Å². The molecule has 0 unspecified atom stereocenters. The normalized spacial score (nSPS) is 10.3. The average Bonchev–Trinajstić information content (AvgIpc) is 3.08. The Hall–Kier alpha value is -3.41. The van der Waals surface area contributed by atoms with Crippen LogP contribution in [0.1, 0.15) is 10.5 Å². The summed E-state index contributed by atoms with van der Waals surface area (Å²) >= 11 is 0. The van der Waals surface area contributed by atoms with Crippen molar-refractivity contribution in [1.29, 1.82) is 0 Å². The zero-order valence-corrected chi connectivity index (χ0v) is 13.8. The third-order valence-electron chi connectivity index (χ3n) is 3.72. The average molecular weight is 336 g/mol. The SMILES string of the molecule is COC(=O)c1nn(C(=O)OC)c(-c2ccccc2)c1-c1ccccc1. The van der Waals surface area contributed by atoms with Crippen molar-refractivity contribution in [1.82, 2.24) is 9.78 Å². The summed E-state index contributed by atoms with van der Waals surface area (Å²) in [7, 11) is 2.54. The van der Waals surface area contributed by atoms with Crippen LogP contribution in [-0.2, 0) is 9.47 Å². The van der Waals surface area contributed by atoms with Gasteiger partial charge in [0.1, 0.15) is 0 Å². The number of nitrogens with zero attached hydrogens (tertiary/aromatic N) is 2. The standard InChI is InChI=1S/C19H16N2O4/c1-24-18(22)16-15(13-9-5-3-6-10-13)17(14-11-7-4-8-12-14)21(20-16)19(23)25-2/h3-12H,1-2H3. The molecule has 0 N–H and O–H groups in total. The van der Waals surface area contributed by atoms with Crippen LogP contribution in [0.25, 0.3) is 22.4 Å². The molecule has 0 radical (unpaired) electrons. The van der Waals surface area contributed by atoms with Gasteiger partial charge in [-0.1, -0.05) is 60.7 Å². The van der Waals surface area contributed by atoms with Gasteiger partial charge in [-0.2, -0.15) is 9.78 Å². The molecule has 0 saturated carbocycles. The maximum Gasteiger partial charge on any atom is 0.435 e. The van der Waals surface area contributed by atoms with Crippen LogP contribution >= 0.6 is 0 Å². The van der Waals surface area contributed by atoms with Crippen molar-refractivity contribution in [2.24, 2.45) is 0 Å². The quantitative estimate of drug-likeness (QED) is 0.683. The maximum absolute atomic E-state index is 12.3. The summed E-state index contributed by atoms with van der Waals surface area (Å²) in [6, 6.07) is 18.5. The zero-order chi connectivity index (χ0) is 17.8. The van der Waals surface area contributed by atoms with Crippen LogP contribution in [0, 0.1) is 0 Å². The summed E-state index contributed by atoms with van der Waals surface area (Å²) in [4.78, 5) is 24.5. The van der Waals surface area contributed by atoms with Crippen molar-refractivity contribution < 1.29 is 19.1 Å². The molecule has 3 aromatic rings. The first kappa shape index (κ1) is 16.4. The van der Waals surface area contributed by atoms with E-state index in [1.807, 2.05) is 60.7 Å². The van der Waals surface area contributed by atoms with Gasteiger partial charge in [-0.25, -0.2) is 9.59 Å². The van der Waals surface area contributed by atoms with Crippen LogP contribution in [0.15, 0.2) is 60.7 Å². The minimum atomic E-state index is -0.689. The van der Waals surface area contributed by atoms with E-state index in [4.69, 9.17) is 9.47 Å². The summed E-state index contributed by atoms with van der Waals surface area (Å²) < 4.78 is 10.8. The van der Waals surface area contributed by atoms with Crippen LogP contribution in [0.5, 0.6) is 0 Å². The molecule has 6 nitrogen and oxygen atoms in total. The van der Waals surface area contributed by atoms with Crippen LogP contribution < -0.4 is 0 Å². The summed E-state index contributed by atoms with van der Waals surface area (Å²) in [6.07, 6.45) is -0.689. The van der Waals surface area contributed by atoms with E-state index in [2.05, 4.69) is 5.10 Å². The molecular formula is C19H16N2O4. The van der Waals surface area contributed by atoms with Crippen LogP contribution in [-0.4, -0.2) is 36.1 Å². The minimum Gasteiger partial charge on any atom is -0.464 e. The second kappa shape index (κ2) is 7.00. The number of rotatable bonds is 3. The lowest BCUT2D eigenvalue weighted by atomic mass is 9.98. The lowest BCUT2D eigenvalue weighted by Gasteiger charge is -2.08. The highest BCUT2D eigenvalue weighted by Gasteiger charge is 2.28. The molecule has 0 saturated heterocycles. The molecule has 0 atom stereocenters. The van der Waals surface area contributed by atoms with Gasteiger partial charge in [0.15, 0.2) is 5.69 Å².